The summed E-state index contributed by atoms with van der Waals surface area (Å²) < 4.78 is 5.25. The van der Waals surface area contributed by atoms with Crippen molar-refractivity contribution in [3.8, 4) is 16.9 Å². The maximum atomic E-state index is 11.5. The van der Waals surface area contributed by atoms with Gasteiger partial charge >= 0.3 is 0 Å². The minimum Gasteiger partial charge on any atom is -0.496 e. The van der Waals surface area contributed by atoms with Gasteiger partial charge in [-0.05, 0) is 29.7 Å². The Kier molecular flexibility index (Phi) is 2.81. The summed E-state index contributed by atoms with van der Waals surface area (Å²) in [5.41, 5.74) is 2.55. The largest absolute Gasteiger partial charge is 0.496 e. The molecule has 2 N–H and O–H groups in total. The molecule has 0 saturated heterocycles. The molecule has 0 fully saturated rings. The van der Waals surface area contributed by atoms with Crippen LogP contribution in [0.15, 0.2) is 29.2 Å². The zero-order valence-corrected chi connectivity index (χ0v) is 9.33. The lowest BCUT2D eigenvalue weighted by Crippen LogP contribution is -2.01. The van der Waals surface area contributed by atoms with E-state index < -0.39 is 0 Å². The van der Waals surface area contributed by atoms with Gasteiger partial charge in [0.15, 0.2) is 0 Å². The molecule has 4 nitrogen and oxygen atoms in total. The van der Waals surface area contributed by atoms with Crippen LogP contribution in [0.2, 0.25) is 0 Å². The number of benzene rings is 1. The van der Waals surface area contributed by atoms with E-state index >= 15 is 0 Å². The summed E-state index contributed by atoms with van der Waals surface area (Å²) in [4.78, 5) is 11.5. The number of aromatic amines is 2. The van der Waals surface area contributed by atoms with E-state index in [0.717, 1.165) is 23.3 Å². The summed E-state index contributed by atoms with van der Waals surface area (Å²) in [5.74, 6) is 0.859. The molecule has 84 valence electrons. The topological polar surface area (TPSA) is 57.9 Å². The number of rotatable bonds is 3. The van der Waals surface area contributed by atoms with Crippen LogP contribution in [0.4, 0.5) is 0 Å². The van der Waals surface area contributed by atoms with Crippen molar-refractivity contribution in [1.29, 1.82) is 0 Å². The lowest BCUT2D eigenvalue weighted by Gasteiger charge is -2.07. The molecule has 16 heavy (non-hydrogen) atoms. The number of aromatic nitrogens is 2. The maximum absolute atomic E-state index is 11.5. The lowest BCUT2D eigenvalue weighted by molar-refractivity contribution is 0.410. The second-order valence-corrected chi connectivity index (χ2v) is 3.54. The Labute approximate surface area is 93.3 Å². The fourth-order valence-electron chi connectivity index (χ4n) is 1.74. The Morgan fingerprint density at radius 1 is 1.38 bits per heavy atom. The highest BCUT2D eigenvalue weighted by atomic mass is 16.5. The van der Waals surface area contributed by atoms with Gasteiger partial charge in [0, 0.05) is 6.20 Å². The third-order valence-electron chi connectivity index (χ3n) is 2.62. The third kappa shape index (κ3) is 1.74. The Morgan fingerprint density at radius 2 is 2.19 bits per heavy atom. The standard InChI is InChI=1S/C12H14N2O2/c1-3-8-6-9(4-5-11(8)16-2)10-7-13-14-12(10)15/h4-7H,3H2,1-2H3,(H2,13,14,15). The summed E-state index contributed by atoms with van der Waals surface area (Å²) in [6, 6.07) is 5.76. The fourth-order valence-corrected chi connectivity index (χ4v) is 1.74. The van der Waals surface area contributed by atoms with Crippen LogP contribution >= 0.6 is 0 Å². The van der Waals surface area contributed by atoms with E-state index in [1.165, 1.54) is 0 Å². The molecule has 2 rings (SSSR count). The number of hydrogen-bond acceptors (Lipinski definition) is 2. The van der Waals surface area contributed by atoms with Gasteiger partial charge in [0.1, 0.15) is 5.75 Å². The highest BCUT2D eigenvalue weighted by molar-refractivity contribution is 5.64. The van der Waals surface area contributed by atoms with Gasteiger partial charge in [-0.25, -0.2) is 0 Å². The smallest absolute Gasteiger partial charge is 0.271 e. The van der Waals surface area contributed by atoms with Crippen LogP contribution < -0.4 is 10.3 Å². The van der Waals surface area contributed by atoms with E-state index in [2.05, 4.69) is 17.1 Å². The first-order chi connectivity index (χ1) is 7.76. The molecule has 0 atom stereocenters. The van der Waals surface area contributed by atoms with Crippen LogP contribution in [0.3, 0.4) is 0 Å². The highest BCUT2D eigenvalue weighted by Gasteiger charge is 2.07. The highest BCUT2D eigenvalue weighted by Crippen LogP contribution is 2.24. The van der Waals surface area contributed by atoms with Crippen LogP contribution in [0.1, 0.15) is 12.5 Å². The molecule has 0 aliphatic heterocycles. The number of methoxy groups -OCH3 is 1. The predicted octanol–water partition coefficient (Wildman–Crippen LogP) is 1.94. The molecule has 0 unspecified atom stereocenters. The second kappa shape index (κ2) is 4.26. The average Bonchev–Trinajstić information content (AvgIpc) is 2.74. The molecule has 0 aliphatic carbocycles. The number of aryl methyl sites for hydroxylation is 1. The Balaban J connectivity index is 2.52. The normalized spacial score (nSPS) is 10.4. The summed E-state index contributed by atoms with van der Waals surface area (Å²) in [6.07, 6.45) is 2.54. The van der Waals surface area contributed by atoms with E-state index in [-0.39, 0.29) is 5.56 Å². The van der Waals surface area contributed by atoms with E-state index in [9.17, 15) is 4.79 Å². The first-order valence-electron chi connectivity index (χ1n) is 5.19. The van der Waals surface area contributed by atoms with Gasteiger partial charge in [-0.3, -0.25) is 9.89 Å². The zero-order valence-electron chi connectivity index (χ0n) is 9.33. The fraction of sp³-hybridized carbons (Fsp3) is 0.250. The molecule has 0 bridgehead atoms. The molecular formula is C12H14N2O2. The van der Waals surface area contributed by atoms with Gasteiger partial charge in [-0.2, -0.15) is 0 Å². The molecule has 0 spiro atoms. The van der Waals surface area contributed by atoms with Crippen molar-refractivity contribution in [1.82, 2.24) is 10.2 Å². The van der Waals surface area contributed by atoms with Gasteiger partial charge < -0.3 is 9.84 Å². The lowest BCUT2D eigenvalue weighted by atomic mass is 10.0. The van der Waals surface area contributed by atoms with E-state index in [4.69, 9.17) is 4.74 Å². The molecular weight excluding hydrogens is 204 g/mol. The van der Waals surface area contributed by atoms with Crippen LogP contribution in [0.25, 0.3) is 11.1 Å². The minimum absolute atomic E-state index is 0.104. The van der Waals surface area contributed by atoms with Crippen LogP contribution in [0.5, 0.6) is 5.75 Å². The van der Waals surface area contributed by atoms with E-state index in [1.54, 1.807) is 13.3 Å². The van der Waals surface area contributed by atoms with Gasteiger partial charge in [-0.15, -0.1) is 0 Å². The van der Waals surface area contributed by atoms with Crippen LogP contribution in [-0.2, 0) is 6.42 Å². The van der Waals surface area contributed by atoms with Crippen LogP contribution in [0, 0.1) is 0 Å². The molecule has 4 heteroatoms. The van der Waals surface area contributed by atoms with Crippen molar-refractivity contribution in [3.63, 3.8) is 0 Å². The monoisotopic (exact) mass is 218 g/mol. The first-order valence-corrected chi connectivity index (χ1v) is 5.19. The molecule has 1 heterocycles. The first kappa shape index (κ1) is 10.5. The molecule has 0 saturated carbocycles. The number of H-pyrrole nitrogens is 2. The second-order valence-electron chi connectivity index (χ2n) is 3.54. The van der Waals surface area contributed by atoms with E-state index in [0.29, 0.717) is 5.56 Å². The Bertz CT molecular complexity index is 540. The molecule has 0 amide bonds. The SMILES string of the molecule is CCc1cc(-c2c[nH][nH]c2=O)ccc1OC. The van der Waals surface area contributed by atoms with Crippen molar-refractivity contribution in [2.45, 2.75) is 13.3 Å². The number of ether oxygens (including phenoxy) is 1. The summed E-state index contributed by atoms with van der Waals surface area (Å²) in [6.45, 7) is 2.06. The quantitative estimate of drug-likeness (QED) is 0.827. The predicted molar refractivity (Wildman–Crippen MR) is 62.8 cm³/mol. The summed E-state index contributed by atoms with van der Waals surface area (Å²) >= 11 is 0. The van der Waals surface area contributed by atoms with Crippen molar-refractivity contribution < 1.29 is 4.74 Å². The van der Waals surface area contributed by atoms with Gasteiger partial charge in [0.05, 0.1) is 12.7 Å². The molecule has 1 aromatic heterocycles. The number of nitrogens with one attached hydrogen (secondary N) is 2. The number of hydrogen-bond donors (Lipinski definition) is 2. The Hall–Kier alpha value is -1.97. The van der Waals surface area contributed by atoms with Crippen molar-refractivity contribution in [2.24, 2.45) is 0 Å². The van der Waals surface area contributed by atoms with Gasteiger partial charge in [0.25, 0.3) is 5.56 Å². The van der Waals surface area contributed by atoms with Crippen molar-refractivity contribution in [3.05, 3.63) is 40.3 Å². The summed E-state index contributed by atoms with van der Waals surface area (Å²) in [7, 11) is 1.65. The van der Waals surface area contributed by atoms with Crippen molar-refractivity contribution >= 4 is 0 Å². The summed E-state index contributed by atoms with van der Waals surface area (Å²) in [5, 5.41) is 5.22. The van der Waals surface area contributed by atoms with Crippen LogP contribution in [-0.4, -0.2) is 17.3 Å². The zero-order chi connectivity index (χ0) is 11.5. The molecule has 2 aromatic rings. The van der Waals surface area contributed by atoms with E-state index in [1.807, 2.05) is 18.2 Å². The minimum atomic E-state index is -0.104. The van der Waals surface area contributed by atoms with Gasteiger partial charge in [0.2, 0.25) is 0 Å². The Morgan fingerprint density at radius 3 is 2.75 bits per heavy atom. The molecule has 0 aliphatic rings. The van der Waals surface area contributed by atoms with Gasteiger partial charge in [-0.1, -0.05) is 13.0 Å². The average molecular weight is 218 g/mol. The maximum Gasteiger partial charge on any atom is 0.271 e. The molecule has 1 aromatic carbocycles. The molecule has 0 radical (unpaired) electrons. The van der Waals surface area contributed by atoms with Crippen molar-refractivity contribution in [2.75, 3.05) is 7.11 Å². The third-order valence-corrected chi connectivity index (χ3v) is 2.62.